The number of carbonyl (C=O) groups is 1. The molecule has 19 heavy (non-hydrogen) atoms. The first-order valence-electron chi connectivity index (χ1n) is 6.63. The van der Waals surface area contributed by atoms with E-state index in [4.69, 9.17) is 4.74 Å². The molecule has 1 amide bonds. The molecule has 104 valence electrons. The molecule has 0 bridgehead atoms. The van der Waals surface area contributed by atoms with Gasteiger partial charge in [0.25, 0.3) is 0 Å². The van der Waals surface area contributed by atoms with Gasteiger partial charge in [-0.25, -0.2) is 9.97 Å². The van der Waals surface area contributed by atoms with Gasteiger partial charge in [0.05, 0.1) is 19.3 Å². The molecule has 1 atom stereocenters. The lowest BCUT2D eigenvalue weighted by molar-refractivity contribution is -0.124. The molecule has 1 saturated heterocycles. The average molecular weight is 264 g/mol. The standard InChI is InChI=1S/C13H20N4O2/c1-3-17(12-4-5-14-10-15-12)13(18)11(2)16-6-8-19-9-7-16/h4-5,10-11H,3,6-9H2,1-2H3. The van der Waals surface area contributed by atoms with Crippen LogP contribution in [-0.4, -0.2) is 59.7 Å². The summed E-state index contributed by atoms with van der Waals surface area (Å²) in [6.07, 6.45) is 3.11. The molecule has 0 saturated carbocycles. The number of hydrogen-bond acceptors (Lipinski definition) is 5. The topological polar surface area (TPSA) is 58.6 Å². The fourth-order valence-corrected chi connectivity index (χ4v) is 2.22. The molecule has 0 radical (unpaired) electrons. The lowest BCUT2D eigenvalue weighted by Gasteiger charge is -2.34. The van der Waals surface area contributed by atoms with Gasteiger partial charge < -0.3 is 4.74 Å². The summed E-state index contributed by atoms with van der Waals surface area (Å²) in [5.41, 5.74) is 0. The van der Waals surface area contributed by atoms with Crippen LogP contribution in [0.25, 0.3) is 0 Å². The van der Waals surface area contributed by atoms with Crippen LogP contribution in [0.15, 0.2) is 18.6 Å². The molecule has 1 aromatic rings. The van der Waals surface area contributed by atoms with Crippen LogP contribution in [-0.2, 0) is 9.53 Å². The number of morpholine rings is 1. The largest absolute Gasteiger partial charge is 0.379 e. The third-order valence-electron chi connectivity index (χ3n) is 3.38. The average Bonchev–Trinajstić information content (AvgIpc) is 2.49. The second-order valence-electron chi connectivity index (χ2n) is 4.47. The highest BCUT2D eigenvalue weighted by atomic mass is 16.5. The third-order valence-corrected chi connectivity index (χ3v) is 3.38. The summed E-state index contributed by atoms with van der Waals surface area (Å²) in [6.45, 7) is 7.48. The second-order valence-corrected chi connectivity index (χ2v) is 4.47. The predicted octanol–water partition coefficient (Wildman–Crippen LogP) is 0.550. The maximum absolute atomic E-state index is 12.6. The van der Waals surface area contributed by atoms with E-state index >= 15 is 0 Å². The van der Waals surface area contributed by atoms with E-state index in [0.717, 1.165) is 13.1 Å². The highest BCUT2D eigenvalue weighted by Gasteiger charge is 2.27. The van der Waals surface area contributed by atoms with Gasteiger partial charge in [-0.15, -0.1) is 0 Å². The number of hydrogen-bond donors (Lipinski definition) is 0. The van der Waals surface area contributed by atoms with Gasteiger partial charge in [0.15, 0.2) is 0 Å². The van der Waals surface area contributed by atoms with Crippen molar-refractivity contribution in [2.45, 2.75) is 19.9 Å². The molecule has 0 N–H and O–H groups in total. The van der Waals surface area contributed by atoms with E-state index in [2.05, 4.69) is 14.9 Å². The van der Waals surface area contributed by atoms with E-state index in [-0.39, 0.29) is 11.9 Å². The number of nitrogens with zero attached hydrogens (tertiary/aromatic N) is 4. The summed E-state index contributed by atoms with van der Waals surface area (Å²) in [5.74, 6) is 0.728. The SMILES string of the molecule is CCN(C(=O)C(C)N1CCOCC1)c1ccncn1. The number of rotatable bonds is 4. The normalized spacial score (nSPS) is 18.0. The van der Waals surface area contributed by atoms with Gasteiger partial charge in [-0.05, 0) is 19.9 Å². The molecule has 1 unspecified atom stereocenters. The van der Waals surface area contributed by atoms with E-state index in [1.807, 2.05) is 13.8 Å². The van der Waals surface area contributed by atoms with E-state index < -0.39 is 0 Å². The van der Waals surface area contributed by atoms with E-state index in [1.165, 1.54) is 6.33 Å². The minimum absolute atomic E-state index is 0.0723. The van der Waals surface area contributed by atoms with Crippen molar-refractivity contribution in [2.75, 3.05) is 37.7 Å². The second kappa shape index (κ2) is 6.58. The number of ether oxygens (including phenoxy) is 1. The highest BCUT2D eigenvalue weighted by Crippen LogP contribution is 2.13. The zero-order valence-electron chi connectivity index (χ0n) is 11.5. The fourth-order valence-electron chi connectivity index (χ4n) is 2.22. The summed E-state index contributed by atoms with van der Waals surface area (Å²) in [7, 11) is 0. The van der Waals surface area contributed by atoms with E-state index in [9.17, 15) is 4.79 Å². The van der Waals surface area contributed by atoms with Crippen LogP contribution in [0.3, 0.4) is 0 Å². The maximum atomic E-state index is 12.6. The van der Waals surface area contributed by atoms with Gasteiger partial charge in [0, 0.05) is 25.8 Å². The molecule has 6 heteroatoms. The lowest BCUT2D eigenvalue weighted by Crippen LogP contribution is -2.51. The maximum Gasteiger partial charge on any atom is 0.245 e. The Morgan fingerprint density at radius 2 is 2.26 bits per heavy atom. The van der Waals surface area contributed by atoms with Crippen LogP contribution >= 0.6 is 0 Å². The van der Waals surface area contributed by atoms with Gasteiger partial charge in [-0.2, -0.15) is 0 Å². The molecule has 0 aliphatic carbocycles. The van der Waals surface area contributed by atoms with E-state index in [0.29, 0.717) is 25.6 Å². The Hall–Kier alpha value is -1.53. The van der Waals surface area contributed by atoms with Crippen molar-refractivity contribution < 1.29 is 9.53 Å². The van der Waals surface area contributed by atoms with Crippen LogP contribution in [0.5, 0.6) is 0 Å². The first-order chi connectivity index (χ1) is 9.24. The molecule has 1 aliphatic heterocycles. The summed E-state index contributed by atoms with van der Waals surface area (Å²) in [5, 5.41) is 0. The van der Waals surface area contributed by atoms with Crippen molar-refractivity contribution in [1.29, 1.82) is 0 Å². The Kier molecular flexibility index (Phi) is 4.81. The van der Waals surface area contributed by atoms with Gasteiger partial charge in [-0.3, -0.25) is 14.6 Å². The predicted molar refractivity (Wildman–Crippen MR) is 71.9 cm³/mol. The van der Waals surface area contributed by atoms with Crippen molar-refractivity contribution >= 4 is 11.7 Å². The van der Waals surface area contributed by atoms with E-state index in [1.54, 1.807) is 17.2 Å². The first kappa shape index (κ1) is 13.9. The molecule has 2 rings (SSSR count). The Balaban J connectivity index is 2.07. The fraction of sp³-hybridized carbons (Fsp3) is 0.615. The van der Waals surface area contributed by atoms with Gasteiger partial charge in [0.2, 0.25) is 5.91 Å². The lowest BCUT2D eigenvalue weighted by atomic mass is 10.2. The molecule has 1 aromatic heterocycles. The molecule has 2 heterocycles. The Morgan fingerprint density at radius 3 is 2.84 bits per heavy atom. The minimum Gasteiger partial charge on any atom is -0.379 e. The number of aromatic nitrogens is 2. The molecular formula is C13H20N4O2. The highest BCUT2D eigenvalue weighted by molar-refractivity contribution is 5.96. The van der Waals surface area contributed by atoms with Crippen LogP contribution in [0.2, 0.25) is 0 Å². The summed E-state index contributed by atoms with van der Waals surface area (Å²) in [6, 6.07) is 1.60. The number of likely N-dealkylation sites (N-methyl/N-ethyl adjacent to an activating group) is 1. The molecule has 0 spiro atoms. The van der Waals surface area contributed by atoms with Crippen LogP contribution in [0.4, 0.5) is 5.82 Å². The van der Waals surface area contributed by atoms with Crippen LogP contribution < -0.4 is 4.90 Å². The summed E-state index contributed by atoms with van der Waals surface area (Å²) in [4.78, 5) is 24.4. The minimum atomic E-state index is -0.154. The van der Waals surface area contributed by atoms with Crippen molar-refractivity contribution in [1.82, 2.24) is 14.9 Å². The smallest absolute Gasteiger partial charge is 0.245 e. The van der Waals surface area contributed by atoms with Crippen molar-refractivity contribution in [2.24, 2.45) is 0 Å². The number of amides is 1. The Labute approximate surface area is 113 Å². The first-order valence-corrected chi connectivity index (χ1v) is 6.63. The molecular weight excluding hydrogens is 244 g/mol. The van der Waals surface area contributed by atoms with Gasteiger partial charge >= 0.3 is 0 Å². The zero-order valence-corrected chi connectivity index (χ0v) is 11.5. The summed E-state index contributed by atoms with van der Waals surface area (Å²) < 4.78 is 5.31. The quantitative estimate of drug-likeness (QED) is 0.795. The van der Waals surface area contributed by atoms with Crippen molar-refractivity contribution in [3.63, 3.8) is 0 Å². The van der Waals surface area contributed by atoms with Gasteiger partial charge in [-0.1, -0.05) is 0 Å². The summed E-state index contributed by atoms with van der Waals surface area (Å²) >= 11 is 0. The Morgan fingerprint density at radius 1 is 1.53 bits per heavy atom. The number of carbonyl (C=O) groups excluding carboxylic acids is 1. The van der Waals surface area contributed by atoms with Gasteiger partial charge in [0.1, 0.15) is 12.1 Å². The third kappa shape index (κ3) is 3.27. The zero-order chi connectivity index (χ0) is 13.7. The molecule has 0 aromatic carbocycles. The molecule has 1 aliphatic rings. The molecule has 6 nitrogen and oxygen atoms in total. The number of anilines is 1. The monoisotopic (exact) mass is 264 g/mol. The van der Waals surface area contributed by atoms with Crippen LogP contribution in [0, 0.1) is 0 Å². The van der Waals surface area contributed by atoms with Crippen LogP contribution in [0.1, 0.15) is 13.8 Å². The Bertz CT molecular complexity index is 406. The van der Waals surface area contributed by atoms with Crippen molar-refractivity contribution in [3.8, 4) is 0 Å². The van der Waals surface area contributed by atoms with Crippen molar-refractivity contribution in [3.05, 3.63) is 18.6 Å². The molecule has 1 fully saturated rings.